The van der Waals surface area contributed by atoms with Crippen molar-refractivity contribution in [2.24, 2.45) is 5.73 Å². The Labute approximate surface area is 84.7 Å². The minimum absolute atomic E-state index is 0.167. The van der Waals surface area contributed by atoms with E-state index in [0.29, 0.717) is 0 Å². The Bertz CT molecular complexity index is 338. The van der Waals surface area contributed by atoms with Crippen molar-refractivity contribution in [3.8, 4) is 0 Å². The normalized spacial score (nSPS) is 16.1. The molecule has 0 aliphatic rings. The number of hydrogen-bond acceptors (Lipinski definition) is 3. The summed E-state index contributed by atoms with van der Waals surface area (Å²) >= 11 is 0. The average Bonchev–Trinajstić information content (AvgIpc) is 2.15. The summed E-state index contributed by atoms with van der Waals surface area (Å²) in [4.78, 5) is 3.44. The molecule has 0 spiro atoms. The molecule has 1 aromatic heterocycles. The molecule has 0 bridgehead atoms. The highest BCUT2D eigenvalue weighted by Gasteiger charge is 2.31. The van der Waals surface area contributed by atoms with E-state index >= 15 is 0 Å². The minimum Gasteiger partial charge on any atom is -0.391 e. The fraction of sp³-hybridized carbons (Fsp3) is 0.444. The summed E-state index contributed by atoms with van der Waals surface area (Å²) in [6, 6.07) is 0.0319. The maximum absolute atomic E-state index is 12.3. The lowest BCUT2D eigenvalue weighted by Crippen LogP contribution is -2.23. The fourth-order valence-electron chi connectivity index (χ4n) is 1.07. The number of pyridine rings is 1. The van der Waals surface area contributed by atoms with E-state index in [9.17, 15) is 13.2 Å². The van der Waals surface area contributed by atoms with Crippen LogP contribution in [0.3, 0.4) is 0 Å². The van der Waals surface area contributed by atoms with Gasteiger partial charge in [-0.1, -0.05) is 0 Å². The molecule has 0 amide bonds. The van der Waals surface area contributed by atoms with E-state index in [-0.39, 0.29) is 5.56 Å². The first-order valence-electron chi connectivity index (χ1n) is 4.28. The molecule has 1 rings (SSSR count). The Kier molecular flexibility index (Phi) is 3.31. The summed E-state index contributed by atoms with van der Waals surface area (Å²) in [7, 11) is 0. The Morgan fingerprint density at radius 2 is 2.00 bits per heavy atom. The predicted molar refractivity (Wildman–Crippen MR) is 47.8 cm³/mol. The topological polar surface area (TPSA) is 59.1 Å². The van der Waals surface area contributed by atoms with Crippen molar-refractivity contribution in [2.75, 3.05) is 0 Å². The van der Waals surface area contributed by atoms with Crippen molar-refractivity contribution >= 4 is 0 Å². The zero-order valence-electron chi connectivity index (χ0n) is 7.99. The van der Waals surface area contributed by atoms with Crippen LogP contribution < -0.4 is 5.73 Å². The molecule has 3 nitrogen and oxygen atoms in total. The molecule has 0 aliphatic carbocycles. The molecular formula is C9H11F3N2O. The van der Waals surface area contributed by atoms with Gasteiger partial charge in [0.05, 0.1) is 17.7 Å². The molecule has 0 aromatic carbocycles. The highest BCUT2D eigenvalue weighted by atomic mass is 19.4. The van der Waals surface area contributed by atoms with Crippen molar-refractivity contribution in [1.29, 1.82) is 0 Å². The third-order valence-electron chi connectivity index (χ3n) is 1.99. The van der Waals surface area contributed by atoms with Gasteiger partial charge in [-0.3, -0.25) is 4.98 Å². The lowest BCUT2D eigenvalue weighted by Gasteiger charge is -2.16. The maximum atomic E-state index is 12.3. The van der Waals surface area contributed by atoms with Crippen LogP contribution in [0.2, 0.25) is 0 Å². The lowest BCUT2D eigenvalue weighted by atomic mass is 10.0. The van der Waals surface area contributed by atoms with E-state index in [0.717, 1.165) is 12.3 Å². The number of alkyl halides is 3. The molecular weight excluding hydrogens is 209 g/mol. The molecule has 2 atom stereocenters. The van der Waals surface area contributed by atoms with Crippen LogP contribution in [-0.2, 0) is 6.18 Å². The summed E-state index contributed by atoms with van der Waals surface area (Å²) in [5.74, 6) is 0. The molecule has 0 aliphatic heterocycles. The van der Waals surface area contributed by atoms with Gasteiger partial charge in [0.15, 0.2) is 0 Å². The number of nitrogens with zero attached hydrogens (tertiary/aromatic N) is 1. The highest BCUT2D eigenvalue weighted by molar-refractivity contribution is 5.23. The number of aliphatic hydroxyl groups excluding tert-OH is 1. The van der Waals surface area contributed by atoms with Gasteiger partial charge in [-0.25, -0.2) is 0 Å². The summed E-state index contributed by atoms with van der Waals surface area (Å²) in [5.41, 5.74) is 4.79. The molecule has 0 fully saturated rings. The van der Waals surface area contributed by atoms with Gasteiger partial charge in [-0.2, -0.15) is 13.2 Å². The van der Waals surface area contributed by atoms with E-state index in [4.69, 9.17) is 10.8 Å². The summed E-state index contributed by atoms with van der Waals surface area (Å²) in [6.07, 6.45) is -3.43. The van der Waals surface area contributed by atoms with E-state index in [1.165, 1.54) is 13.1 Å². The van der Waals surface area contributed by atoms with Crippen LogP contribution in [0.1, 0.15) is 24.1 Å². The second kappa shape index (κ2) is 4.16. The van der Waals surface area contributed by atoms with Crippen LogP contribution in [0.25, 0.3) is 0 Å². The van der Waals surface area contributed by atoms with E-state index in [1.54, 1.807) is 0 Å². The van der Waals surface area contributed by atoms with Crippen LogP contribution in [-0.4, -0.2) is 16.2 Å². The van der Waals surface area contributed by atoms with Gasteiger partial charge in [-0.15, -0.1) is 0 Å². The van der Waals surface area contributed by atoms with Gasteiger partial charge >= 0.3 is 6.18 Å². The van der Waals surface area contributed by atoms with Crippen LogP contribution in [0.15, 0.2) is 18.5 Å². The van der Waals surface area contributed by atoms with Gasteiger partial charge < -0.3 is 10.8 Å². The predicted octanol–water partition coefficient (Wildman–Crippen LogP) is 1.48. The molecule has 15 heavy (non-hydrogen) atoms. The van der Waals surface area contributed by atoms with Crippen molar-refractivity contribution in [3.05, 3.63) is 29.6 Å². The molecule has 1 aromatic rings. The third-order valence-corrected chi connectivity index (χ3v) is 1.99. The van der Waals surface area contributed by atoms with Gasteiger partial charge in [0.2, 0.25) is 0 Å². The Morgan fingerprint density at radius 1 is 1.40 bits per heavy atom. The molecule has 0 unspecified atom stereocenters. The standard InChI is InChI=1S/C9H11F3N2O/c1-5(15)8(13)6-2-7(4-14-3-6)9(10,11)12/h2-5,8,15H,13H2,1H3/t5-,8-/m1/s1. The van der Waals surface area contributed by atoms with Gasteiger partial charge in [0.1, 0.15) is 0 Å². The Balaban J connectivity index is 3.03. The zero-order valence-corrected chi connectivity index (χ0v) is 7.99. The summed E-state index contributed by atoms with van der Waals surface area (Å²) < 4.78 is 36.9. The number of hydrogen-bond donors (Lipinski definition) is 2. The Morgan fingerprint density at radius 3 is 2.47 bits per heavy atom. The molecule has 1 heterocycles. The Hall–Kier alpha value is -1.14. The number of aromatic nitrogens is 1. The molecule has 0 saturated carbocycles. The minimum atomic E-state index is -4.44. The monoisotopic (exact) mass is 220 g/mol. The highest BCUT2D eigenvalue weighted by Crippen LogP contribution is 2.30. The fourth-order valence-corrected chi connectivity index (χ4v) is 1.07. The quantitative estimate of drug-likeness (QED) is 0.793. The van der Waals surface area contributed by atoms with Crippen LogP contribution >= 0.6 is 0 Å². The SMILES string of the molecule is C[C@@H](O)[C@@H](N)c1cncc(C(F)(F)F)c1. The second-order valence-corrected chi connectivity index (χ2v) is 3.27. The lowest BCUT2D eigenvalue weighted by molar-refractivity contribution is -0.137. The van der Waals surface area contributed by atoms with E-state index in [1.807, 2.05) is 0 Å². The largest absolute Gasteiger partial charge is 0.417 e. The van der Waals surface area contributed by atoms with Crippen LogP contribution in [0.5, 0.6) is 0 Å². The third kappa shape index (κ3) is 2.90. The van der Waals surface area contributed by atoms with Crippen molar-refractivity contribution < 1.29 is 18.3 Å². The molecule has 84 valence electrons. The van der Waals surface area contributed by atoms with Gasteiger partial charge in [-0.05, 0) is 18.6 Å². The number of rotatable bonds is 2. The molecule has 3 N–H and O–H groups in total. The van der Waals surface area contributed by atoms with Crippen molar-refractivity contribution in [2.45, 2.75) is 25.2 Å². The molecule has 0 radical (unpaired) electrons. The second-order valence-electron chi connectivity index (χ2n) is 3.27. The van der Waals surface area contributed by atoms with E-state index in [2.05, 4.69) is 4.98 Å². The maximum Gasteiger partial charge on any atom is 0.417 e. The zero-order chi connectivity index (χ0) is 11.6. The van der Waals surface area contributed by atoms with E-state index < -0.39 is 23.9 Å². The number of nitrogens with two attached hydrogens (primary N) is 1. The molecule has 0 saturated heterocycles. The number of halogens is 3. The van der Waals surface area contributed by atoms with Crippen molar-refractivity contribution in [3.63, 3.8) is 0 Å². The van der Waals surface area contributed by atoms with Crippen molar-refractivity contribution in [1.82, 2.24) is 4.98 Å². The number of aliphatic hydroxyl groups is 1. The van der Waals surface area contributed by atoms with Crippen LogP contribution in [0.4, 0.5) is 13.2 Å². The van der Waals surface area contributed by atoms with Gasteiger partial charge in [0, 0.05) is 12.4 Å². The van der Waals surface area contributed by atoms with Crippen LogP contribution in [0, 0.1) is 0 Å². The average molecular weight is 220 g/mol. The summed E-state index contributed by atoms with van der Waals surface area (Å²) in [6.45, 7) is 1.41. The summed E-state index contributed by atoms with van der Waals surface area (Å²) in [5, 5.41) is 9.13. The first-order chi connectivity index (χ1) is 6.82. The van der Waals surface area contributed by atoms with Gasteiger partial charge in [0.25, 0.3) is 0 Å². The smallest absolute Gasteiger partial charge is 0.391 e. The first-order valence-corrected chi connectivity index (χ1v) is 4.28. The molecule has 6 heteroatoms. The first kappa shape index (κ1) is 11.9.